The van der Waals surface area contributed by atoms with Crippen molar-refractivity contribution < 1.29 is 9.47 Å². The third kappa shape index (κ3) is 3.06. The van der Waals surface area contributed by atoms with Gasteiger partial charge >= 0.3 is 0 Å². The maximum atomic E-state index is 5.77. The fourth-order valence-electron chi connectivity index (χ4n) is 2.76. The highest BCUT2D eigenvalue weighted by atomic mass is 32.1. The minimum absolute atomic E-state index is 0.145. The third-order valence-electron chi connectivity index (χ3n) is 4.11. The van der Waals surface area contributed by atoms with E-state index in [0.29, 0.717) is 0 Å². The summed E-state index contributed by atoms with van der Waals surface area (Å²) < 4.78 is 11.5. The van der Waals surface area contributed by atoms with Crippen molar-refractivity contribution in [2.45, 2.75) is 51.4 Å². The van der Waals surface area contributed by atoms with Crippen molar-refractivity contribution in [3.8, 4) is 0 Å². The van der Waals surface area contributed by atoms with Crippen molar-refractivity contribution in [2.75, 3.05) is 26.3 Å². The number of aromatic nitrogens is 1. The highest BCUT2D eigenvalue weighted by Crippen LogP contribution is 2.32. The molecule has 0 aliphatic carbocycles. The fraction of sp³-hybridized carbons (Fsp3) is 0.800. The predicted molar refractivity (Wildman–Crippen MR) is 80.0 cm³/mol. The Hall–Kier alpha value is -0.490. The van der Waals surface area contributed by atoms with E-state index in [9.17, 15) is 0 Å². The molecule has 4 nitrogen and oxygen atoms in total. The van der Waals surface area contributed by atoms with Crippen molar-refractivity contribution in [3.63, 3.8) is 0 Å². The zero-order valence-electron chi connectivity index (χ0n) is 12.6. The van der Waals surface area contributed by atoms with Crippen LogP contribution < -0.4 is 0 Å². The number of likely N-dealkylation sites (tertiary alicyclic amines) is 1. The second-order valence-electron chi connectivity index (χ2n) is 6.76. The summed E-state index contributed by atoms with van der Waals surface area (Å²) in [6.07, 6.45) is 1.95. The first-order valence-corrected chi connectivity index (χ1v) is 8.30. The van der Waals surface area contributed by atoms with E-state index in [1.165, 1.54) is 10.7 Å². The summed E-state index contributed by atoms with van der Waals surface area (Å²) >= 11 is 1.78. The van der Waals surface area contributed by atoms with Crippen LogP contribution in [-0.4, -0.2) is 42.0 Å². The molecule has 0 bridgehead atoms. The Bertz CT molecular complexity index is 451. The SMILES string of the molecule is CC(C)(C)c1csc(CN2CCC3(CC2)OCCO3)n1. The largest absolute Gasteiger partial charge is 0.347 e. The standard InChI is InChI=1S/C15H24N2O2S/c1-14(2,3)12-11-20-13(16-12)10-17-6-4-15(5-7-17)18-8-9-19-15/h11H,4-10H2,1-3H3. The van der Waals surface area contributed by atoms with Gasteiger partial charge < -0.3 is 9.47 Å². The monoisotopic (exact) mass is 296 g/mol. The molecule has 1 aromatic heterocycles. The van der Waals surface area contributed by atoms with Gasteiger partial charge in [-0.05, 0) is 0 Å². The van der Waals surface area contributed by atoms with Gasteiger partial charge in [-0.15, -0.1) is 11.3 Å². The van der Waals surface area contributed by atoms with Crippen molar-refractivity contribution >= 4 is 11.3 Å². The third-order valence-corrected chi connectivity index (χ3v) is 4.94. The summed E-state index contributed by atoms with van der Waals surface area (Å²) in [4.78, 5) is 7.24. The zero-order valence-corrected chi connectivity index (χ0v) is 13.5. The van der Waals surface area contributed by atoms with Crippen LogP contribution in [0.2, 0.25) is 0 Å². The maximum absolute atomic E-state index is 5.77. The molecule has 1 aromatic rings. The van der Waals surface area contributed by atoms with Crippen LogP contribution in [0.4, 0.5) is 0 Å². The van der Waals surface area contributed by atoms with Gasteiger partial charge in [-0.25, -0.2) is 4.98 Å². The van der Waals surface area contributed by atoms with Gasteiger partial charge in [0.15, 0.2) is 5.79 Å². The zero-order chi connectivity index (χ0) is 14.2. The number of ether oxygens (including phenoxy) is 2. The Balaban J connectivity index is 1.56. The number of piperidine rings is 1. The molecule has 2 aliphatic heterocycles. The summed E-state index contributed by atoms with van der Waals surface area (Å²) in [6.45, 7) is 11.2. The smallest absolute Gasteiger partial charge is 0.170 e. The van der Waals surface area contributed by atoms with E-state index in [-0.39, 0.29) is 11.2 Å². The van der Waals surface area contributed by atoms with Crippen LogP contribution in [0.25, 0.3) is 0 Å². The van der Waals surface area contributed by atoms with Gasteiger partial charge in [0, 0.05) is 36.7 Å². The Morgan fingerprint density at radius 2 is 1.90 bits per heavy atom. The topological polar surface area (TPSA) is 34.6 Å². The molecule has 3 heterocycles. The Morgan fingerprint density at radius 1 is 1.25 bits per heavy atom. The predicted octanol–water partition coefficient (Wildman–Crippen LogP) is 2.78. The number of nitrogens with zero attached hydrogens (tertiary/aromatic N) is 2. The molecule has 0 radical (unpaired) electrons. The van der Waals surface area contributed by atoms with Gasteiger partial charge in [0.2, 0.25) is 0 Å². The number of thiazole rings is 1. The molecule has 3 rings (SSSR count). The second kappa shape index (κ2) is 5.37. The van der Waals surface area contributed by atoms with Crippen LogP contribution in [0.15, 0.2) is 5.38 Å². The first-order valence-electron chi connectivity index (χ1n) is 7.42. The van der Waals surface area contributed by atoms with Crippen LogP contribution in [-0.2, 0) is 21.4 Å². The number of hydrogen-bond acceptors (Lipinski definition) is 5. The van der Waals surface area contributed by atoms with Gasteiger partial charge in [-0.3, -0.25) is 4.90 Å². The van der Waals surface area contributed by atoms with Crippen LogP contribution in [0.3, 0.4) is 0 Å². The van der Waals surface area contributed by atoms with Crippen molar-refractivity contribution in [3.05, 3.63) is 16.1 Å². The van der Waals surface area contributed by atoms with E-state index < -0.39 is 0 Å². The van der Waals surface area contributed by atoms with E-state index in [1.54, 1.807) is 11.3 Å². The van der Waals surface area contributed by atoms with Gasteiger partial charge in [0.25, 0.3) is 0 Å². The molecule has 0 N–H and O–H groups in total. The molecule has 2 fully saturated rings. The minimum Gasteiger partial charge on any atom is -0.347 e. The van der Waals surface area contributed by atoms with E-state index in [1.807, 2.05) is 0 Å². The van der Waals surface area contributed by atoms with E-state index in [0.717, 1.165) is 45.7 Å². The quantitative estimate of drug-likeness (QED) is 0.840. The molecule has 112 valence electrons. The summed E-state index contributed by atoms with van der Waals surface area (Å²) in [5, 5.41) is 3.42. The van der Waals surface area contributed by atoms with Crippen molar-refractivity contribution in [1.82, 2.24) is 9.88 Å². The highest BCUT2D eigenvalue weighted by molar-refractivity contribution is 7.09. The summed E-state index contributed by atoms with van der Waals surface area (Å²) in [7, 11) is 0. The first kappa shape index (κ1) is 14.4. The summed E-state index contributed by atoms with van der Waals surface area (Å²) in [5.74, 6) is -0.268. The van der Waals surface area contributed by atoms with E-state index >= 15 is 0 Å². The average molecular weight is 296 g/mol. The van der Waals surface area contributed by atoms with Crippen LogP contribution in [0.1, 0.15) is 44.3 Å². The fourth-order valence-corrected chi connectivity index (χ4v) is 3.82. The first-order chi connectivity index (χ1) is 9.47. The van der Waals surface area contributed by atoms with Crippen LogP contribution in [0.5, 0.6) is 0 Å². The molecule has 0 atom stereocenters. The summed E-state index contributed by atoms with van der Waals surface area (Å²) in [6, 6.07) is 0. The van der Waals surface area contributed by atoms with Crippen LogP contribution >= 0.6 is 11.3 Å². The second-order valence-corrected chi connectivity index (χ2v) is 7.70. The Labute approximate surface area is 125 Å². The number of rotatable bonds is 2. The molecule has 20 heavy (non-hydrogen) atoms. The van der Waals surface area contributed by atoms with Crippen molar-refractivity contribution in [2.24, 2.45) is 0 Å². The highest BCUT2D eigenvalue weighted by Gasteiger charge is 2.39. The normalized spacial score (nSPS) is 23.6. The molecule has 2 saturated heterocycles. The van der Waals surface area contributed by atoms with Gasteiger partial charge in [-0.2, -0.15) is 0 Å². The molecule has 0 saturated carbocycles. The van der Waals surface area contributed by atoms with Crippen molar-refractivity contribution in [1.29, 1.82) is 0 Å². The Kier molecular flexibility index (Phi) is 3.88. The lowest BCUT2D eigenvalue weighted by Crippen LogP contribution is -2.44. The van der Waals surface area contributed by atoms with Gasteiger partial charge in [0.05, 0.1) is 25.5 Å². The molecule has 5 heteroatoms. The molecular formula is C15H24N2O2S. The molecule has 0 aromatic carbocycles. The lowest BCUT2D eigenvalue weighted by molar-refractivity contribution is -0.185. The Morgan fingerprint density at radius 3 is 2.45 bits per heavy atom. The molecule has 0 unspecified atom stereocenters. The lowest BCUT2D eigenvalue weighted by Gasteiger charge is -2.37. The summed E-state index contributed by atoms with van der Waals surface area (Å²) in [5.41, 5.74) is 1.35. The minimum atomic E-state index is -0.268. The van der Waals surface area contributed by atoms with Crippen LogP contribution in [0, 0.1) is 0 Å². The van der Waals surface area contributed by atoms with E-state index in [4.69, 9.17) is 14.5 Å². The average Bonchev–Trinajstić information content (AvgIpc) is 3.01. The molecule has 1 spiro atoms. The molecular weight excluding hydrogens is 272 g/mol. The number of hydrogen-bond donors (Lipinski definition) is 0. The van der Waals surface area contributed by atoms with Gasteiger partial charge in [-0.1, -0.05) is 20.8 Å². The van der Waals surface area contributed by atoms with E-state index in [2.05, 4.69) is 31.1 Å². The van der Waals surface area contributed by atoms with Gasteiger partial charge in [0.1, 0.15) is 5.01 Å². The lowest BCUT2D eigenvalue weighted by atomic mass is 9.93. The molecule has 0 amide bonds. The maximum Gasteiger partial charge on any atom is 0.170 e. The molecule has 2 aliphatic rings.